The molecule has 1 fully saturated rings. The summed E-state index contributed by atoms with van der Waals surface area (Å²) in [5, 5.41) is 3.82. The maximum absolute atomic E-state index is 3.82. The van der Waals surface area contributed by atoms with Gasteiger partial charge in [0.25, 0.3) is 0 Å². The van der Waals surface area contributed by atoms with E-state index in [-0.39, 0.29) is 0 Å². The van der Waals surface area contributed by atoms with Gasteiger partial charge in [0.15, 0.2) is 0 Å². The summed E-state index contributed by atoms with van der Waals surface area (Å²) in [6.45, 7) is 15.4. The summed E-state index contributed by atoms with van der Waals surface area (Å²) in [6.07, 6.45) is 8.00. The molecule has 0 radical (unpaired) electrons. The zero-order valence-corrected chi connectivity index (χ0v) is 14.0. The topological polar surface area (TPSA) is 15.3 Å². The van der Waals surface area contributed by atoms with Crippen LogP contribution in [0.25, 0.3) is 0 Å². The Kier molecular flexibility index (Phi) is 7.38. The molecule has 0 saturated carbocycles. The van der Waals surface area contributed by atoms with Crippen molar-refractivity contribution in [2.75, 3.05) is 19.6 Å². The van der Waals surface area contributed by atoms with E-state index in [9.17, 15) is 0 Å². The molecule has 1 N–H and O–H groups in total. The molecule has 0 amide bonds. The molecule has 2 nitrogen and oxygen atoms in total. The molecule has 114 valence electrons. The van der Waals surface area contributed by atoms with Gasteiger partial charge in [0.1, 0.15) is 0 Å². The van der Waals surface area contributed by atoms with Crippen molar-refractivity contribution >= 4 is 0 Å². The van der Waals surface area contributed by atoms with Crippen LogP contribution >= 0.6 is 0 Å². The number of likely N-dealkylation sites (N-methyl/N-ethyl adjacent to an activating group) is 1. The summed E-state index contributed by atoms with van der Waals surface area (Å²) in [4.78, 5) is 2.79. The van der Waals surface area contributed by atoms with Crippen LogP contribution in [0.1, 0.15) is 73.1 Å². The summed E-state index contributed by atoms with van der Waals surface area (Å²) in [5.74, 6) is 0.811. The molecule has 1 saturated heterocycles. The van der Waals surface area contributed by atoms with Crippen molar-refractivity contribution in [2.45, 2.75) is 84.7 Å². The zero-order chi connectivity index (χ0) is 14.3. The maximum atomic E-state index is 3.82. The van der Waals surface area contributed by atoms with Crippen molar-refractivity contribution in [2.24, 2.45) is 5.92 Å². The van der Waals surface area contributed by atoms with Crippen LogP contribution in [0.15, 0.2) is 0 Å². The molecule has 1 unspecified atom stereocenters. The van der Waals surface area contributed by atoms with Gasteiger partial charge in [0.2, 0.25) is 0 Å². The summed E-state index contributed by atoms with van der Waals surface area (Å²) >= 11 is 0. The monoisotopic (exact) mass is 268 g/mol. The highest BCUT2D eigenvalue weighted by molar-refractivity contribution is 5.00. The second kappa shape index (κ2) is 8.26. The van der Waals surface area contributed by atoms with Gasteiger partial charge in [-0.3, -0.25) is 4.90 Å². The lowest BCUT2D eigenvalue weighted by atomic mass is 9.79. The van der Waals surface area contributed by atoms with Crippen LogP contribution < -0.4 is 5.32 Å². The Morgan fingerprint density at radius 2 is 1.58 bits per heavy atom. The molecule has 2 heteroatoms. The van der Waals surface area contributed by atoms with E-state index in [4.69, 9.17) is 0 Å². The van der Waals surface area contributed by atoms with E-state index in [1.165, 1.54) is 51.6 Å². The fourth-order valence-electron chi connectivity index (χ4n) is 3.88. The van der Waals surface area contributed by atoms with E-state index in [1.807, 2.05) is 0 Å². The molecular formula is C17H36N2. The van der Waals surface area contributed by atoms with Crippen molar-refractivity contribution in [3.8, 4) is 0 Å². The minimum Gasteiger partial charge on any atom is -0.312 e. The van der Waals surface area contributed by atoms with E-state index in [0.29, 0.717) is 11.6 Å². The van der Waals surface area contributed by atoms with Crippen molar-refractivity contribution in [1.29, 1.82) is 0 Å². The second-order valence-corrected chi connectivity index (χ2v) is 6.59. The average molecular weight is 268 g/mol. The molecule has 0 aromatic heterocycles. The van der Waals surface area contributed by atoms with Crippen LogP contribution in [0.4, 0.5) is 0 Å². The van der Waals surface area contributed by atoms with Crippen LogP contribution in [-0.4, -0.2) is 36.1 Å². The quantitative estimate of drug-likeness (QED) is 0.678. The first-order valence-electron chi connectivity index (χ1n) is 8.59. The Hall–Kier alpha value is -0.0800. The molecule has 1 aliphatic heterocycles. The lowest BCUT2D eigenvalue weighted by Gasteiger charge is -2.47. The largest absolute Gasteiger partial charge is 0.312 e. The lowest BCUT2D eigenvalue weighted by Crippen LogP contribution is -2.60. The first kappa shape index (κ1) is 17.0. The highest BCUT2D eigenvalue weighted by Gasteiger charge is 2.41. The van der Waals surface area contributed by atoms with Gasteiger partial charge in [0, 0.05) is 11.6 Å². The number of likely N-dealkylation sites (tertiary alicyclic amines) is 1. The smallest absolute Gasteiger partial charge is 0.0357 e. The van der Waals surface area contributed by atoms with Crippen LogP contribution in [-0.2, 0) is 0 Å². The van der Waals surface area contributed by atoms with Crippen LogP contribution in [0.3, 0.4) is 0 Å². The molecular weight excluding hydrogens is 232 g/mol. The third-order valence-electron chi connectivity index (χ3n) is 5.09. The highest BCUT2D eigenvalue weighted by atomic mass is 15.2. The predicted octanol–water partition coefficient (Wildman–Crippen LogP) is 4.06. The molecule has 19 heavy (non-hydrogen) atoms. The Balaban J connectivity index is 2.82. The SMILES string of the molecule is CCNC(CCC(C)C)C(CC)(CC)N1CCCC1. The van der Waals surface area contributed by atoms with E-state index in [0.717, 1.165) is 12.5 Å². The van der Waals surface area contributed by atoms with Crippen molar-refractivity contribution in [3.63, 3.8) is 0 Å². The summed E-state index contributed by atoms with van der Waals surface area (Å²) in [7, 11) is 0. The fourth-order valence-corrected chi connectivity index (χ4v) is 3.88. The molecule has 0 aliphatic carbocycles. The average Bonchev–Trinajstić information content (AvgIpc) is 2.92. The lowest BCUT2D eigenvalue weighted by molar-refractivity contribution is 0.0571. The van der Waals surface area contributed by atoms with E-state index < -0.39 is 0 Å². The summed E-state index contributed by atoms with van der Waals surface area (Å²) in [6, 6.07) is 0.660. The molecule has 0 spiro atoms. The normalized spacial score (nSPS) is 19.3. The van der Waals surface area contributed by atoms with Gasteiger partial charge < -0.3 is 5.32 Å². The third-order valence-corrected chi connectivity index (χ3v) is 5.09. The number of hydrogen-bond donors (Lipinski definition) is 1. The third kappa shape index (κ3) is 4.19. The molecule has 0 aromatic carbocycles. The zero-order valence-electron chi connectivity index (χ0n) is 14.0. The van der Waals surface area contributed by atoms with Gasteiger partial charge in [-0.05, 0) is 64.1 Å². The van der Waals surface area contributed by atoms with Crippen LogP contribution in [0.2, 0.25) is 0 Å². The summed E-state index contributed by atoms with van der Waals surface area (Å²) < 4.78 is 0. The molecule has 1 atom stereocenters. The Morgan fingerprint density at radius 3 is 2.00 bits per heavy atom. The maximum Gasteiger partial charge on any atom is 0.0357 e. The second-order valence-electron chi connectivity index (χ2n) is 6.59. The van der Waals surface area contributed by atoms with Gasteiger partial charge in [-0.15, -0.1) is 0 Å². The Morgan fingerprint density at radius 1 is 1.00 bits per heavy atom. The minimum absolute atomic E-state index is 0.390. The fraction of sp³-hybridized carbons (Fsp3) is 1.00. The van der Waals surface area contributed by atoms with Gasteiger partial charge in [-0.2, -0.15) is 0 Å². The van der Waals surface area contributed by atoms with E-state index >= 15 is 0 Å². The number of rotatable bonds is 9. The van der Waals surface area contributed by atoms with Crippen molar-refractivity contribution in [1.82, 2.24) is 10.2 Å². The van der Waals surface area contributed by atoms with Crippen molar-refractivity contribution in [3.05, 3.63) is 0 Å². The number of nitrogens with one attached hydrogen (secondary N) is 1. The standard InChI is InChI=1S/C17H36N2/c1-6-17(7-2,19-13-9-10-14-19)16(18-8-3)12-11-15(4)5/h15-16,18H,6-14H2,1-5H3. The van der Waals surface area contributed by atoms with Gasteiger partial charge in [-0.1, -0.05) is 34.6 Å². The first-order chi connectivity index (χ1) is 9.10. The van der Waals surface area contributed by atoms with Crippen molar-refractivity contribution < 1.29 is 0 Å². The number of hydrogen-bond acceptors (Lipinski definition) is 2. The first-order valence-corrected chi connectivity index (χ1v) is 8.59. The molecule has 1 aliphatic rings. The minimum atomic E-state index is 0.390. The molecule has 0 aromatic rings. The van der Waals surface area contributed by atoms with Crippen LogP contribution in [0, 0.1) is 5.92 Å². The molecule has 0 bridgehead atoms. The highest BCUT2D eigenvalue weighted by Crippen LogP contribution is 2.33. The van der Waals surface area contributed by atoms with E-state index in [2.05, 4.69) is 44.8 Å². The summed E-state index contributed by atoms with van der Waals surface area (Å²) in [5.41, 5.74) is 0.390. The molecule has 1 heterocycles. The van der Waals surface area contributed by atoms with Gasteiger partial charge in [0.05, 0.1) is 0 Å². The Labute approximate surface area is 121 Å². The Bertz CT molecular complexity index is 227. The predicted molar refractivity (Wildman–Crippen MR) is 85.7 cm³/mol. The van der Waals surface area contributed by atoms with E-state index in [1.54, 1.807) is 0 Å². The van der Waals surface area contributed by atoms with Crippen LogP contribution in [0.5, 0.6) is 0 Å². The van der Waals surface area contributed by atoms with Gasteiger partial charge in [-0.25, -0.2) is 0 Å². The number of nitrogens with zero attached hydrogens (tertiary/aromatic N) is 1. The molecule has 1 rings (SSSR count). The van der Waals surface area contributed by atoms with Gasteiger partial charge >= 0.3 is 0 Å².